The minimum absolute atomic E-state index is 0.0988. The van der Waals surface area contributed by atoms with Gasteiger partial charge in [0.25, 0.3) is 5.91 Å². The normalized spacial score (nSPS) is 25.6. The predicted octanol–water partition coefficient (Wildman–Crippen LogP) is 0.717. The highest BCUT2D eigenvalue weighted by Crippen LogP contribution is 2.33. The number of anilines is 1. The first-order chi connectivity index (χ1) is 10.1. The molecule has 2 heterocycles. The second-order valence-corrected chi connectivity index (χ2v) is 5.62. The summed E-state index contributed by atoms with van der Waals surface area (Å²) in [5.74, 6) is 0.141. The maximum atomic E-state index is 12.7. The van der Waals surface area contributed by atoms with Crippen LogP contribution in [0.25, 0.3) is 0 Å². The number of carbonyl (C=O) groups is 1. The molecule has 1 aliphatic carbocycles. The zero-order valence-electron chi connectivity index (χ0n) is 12.1. The van der Waals surface area contributed by atoms with Gasteiger partial charge in [0.05, 0.1) is 31.5 Å². The van der Waals surface area contributed by atoms with Crippen LogP contribution in [-0.2, 0) is 6.54 Å². The van der Waals surface area contributed by atoms with E-state index in [4.69, 9.17) is 10.5 Å². The van der Waals surface area contributed by atoms with Crippen LogP contribution in [-0.4, -0.2) is 45.1 Å². The van der Waals surface area contributed by atoms with Crippen LogP contribution in [0.3, 0.4) is 0 Å². The minimum Gasteiger partial charge on any atom is -0.480 e. The molecule has 2 aliphatic rings. The van der Waals surface area contributed by atoms with E-state index in [1.165, 1.54) is 7.11 Å². The molecule has 3 rings (SSSR count). The third-order valence-electron chi connectivity index (χ3n) is 4.30. The van der Waals surface area contributed by atoms with Gasteiger partial charge in [-0.3, -0.25) is 4.79 Å². The molecule has 0 radical (unpaired) electrons. The van der Waals surface area contributed by atoms with Crippen molar-refractivity contribution in [2.24, 2.45) is 0 Å². The average Bonchev–Trinajstić information content (AvgIpc) is 2.64. The van der Waals surface area contributed by atoms with Gasteiger partial charge in [-0.25, -0.2) is 4.98 Å². The number of rotatable bonds is 2. The molecule has 0 aromatic carbocycles. The zero-order chi connectivity index (χ0) is 15.0. The minimum atomic E-state index is -0.484. The molecule has 0 saturated heterocycles. The van der Waals surface area contributed by atoms with Crippen molar-refractivity contribution >= 4 is 11.9 Å². The van der Waals surface area contributed by atoms with Gasteiger partial charge in [-0.05, 0) is 12.8 Å². The Bertz CT molecular complexity index is 563. The summed E-state index contributed by atoms with van der Waals surface area (Å²) in [6.45, 7) is 0.360. The van der Waals surface area contributed by atoms with E-state index in [9.17, 15) is 9.90 Å². The maximum Gasteiger partial charge on any atom is 0.261 e. The Kier molecular flexibility index (Phi) is 3.67. The number of hydrogen-bond donors (Lipinski definition) is 2. The second kappa shape index (κ2) is 5.48. The van der Waals surface area contributed by atoms with Crippen molar-refractivity contribution in [3.05, 3.63) is 11.3 Å². The van der Waals surface area contributed by atoms with Crippen molar-refractivity contribution < 1.29 is 14.6 Å². The van der Waals surface area contributed by atoms with Crippen LogP contribution in [0, 0.1) is 0 Å². The lowest BCUT2D eigenvalue weighted by molar-refractivity contribution is 0.0344. The highest BCUT2D eigenvalue weighted by molar-refractivity contribution is 6.00. The number of hydrogen-bond acceptors (Lipinski definition) is 6. The highest BCUT2D eigenvalue weighted by Gasteiger charge is 2.40. The van der Waals surface area contributed by atoms with E-state index >= 15 is 0 Å². The summed E-state index contributed by atoms with van der Waals surface area (Å²) in [6.07, 6.45) is 4.18. The largest absolute Gasteiger partial charge is 0.480 e. The molecule has 7 heteroatoms. The summed E-state index contributed by atoms with van der Waals surface area (Å²) in [6, 6.07) is -0.167. The van der Waals surface area contributed by atoms with Crippen LogP contribution in [0.4, 0.5) is 5.95 Å². The molecule has 1 aliphatic heterocycles. The topological polar surface area (TPSA) is 102 Å². The Balaban J connectivity index is 1.92. The lowest BCUT2D eigenvalue weighted by atomic mass is 10.0. The third kappa shape index (κ3) is 2.42. The summed E-state index contributed by atoms with van der Waals surface area (Å²) >= 11 is 0. The number of aromatic nitrogens is 2. The summed E-state index contributed by atoms with van der Waals surface area (Å²) in [4.78, 5) is 22.5. The van der Waals surface area contributed by atoms with E-state index in [1.807, 2.05) is 0 Å². The zero-order valence-corrected chi connectivity index (χ0v) is 12.1. The number of aliphatic hydroxyl groups is 1. The molecule has 0 unspecified atom stereocenters. The molecular formula is C14H20N4O3. The van der Waals surface area contributed by atoms with Crippen LogP contribution < -0.4 is 10.5 Å². The second-order valence-electron chi connectivity index (χ2n) is 5.62. The third-order valence-corrected chi connectivity index (χ3v) is 4.30. The van der Waals surface area contributed by atoms with Gasteiger partial charge in [0.2, 0.25) is 11.8 Å². The van der Waals surface area contributed by atoms with Crippen molar-refractivity contribution in [2.45, 2.75) is 50.8 Å². The van der Waals surface area contributed by atoms with Crippen molar-refractivity contribution in [3.63, 3.8) is 0 Å². The van der Waals surface area contributed by atoms with Gasteiger partial charge < -0.3 is 20.5 Å². The number of carbonyl (C=O) groups excluding carboxylic acids is 1. The molecule has 1 aromatic rings. The molecule has 7 nitrogen and oxygen atoms in total. The smallest absolute Gasteiger partial charge is 0.261 e. The van der Waals surface area contributed by atoms with Gasteiger partial charge in [0.1, 0.15) is 5.56 Å². The number of nitrogens with two attached hydrogens (primary N) is 1. The molecule has 0 bridgehead atoms. The fourth-order valence-corrected chi connectivity index (χ4v) is 3.26. The fraction of sp³-hybridized carbons (Fsp3) is 0.643. The quantitative estimate of drug-likeness (QED) is 0.779. The van der Waals surface area contributed by atoms with Gasteiger partial charge in [0, 0.05) is 0 Å². The predicted molar refractivity (Wildman–Crippen MR) is 75.7 cm³/mol. The monoisotopic (exact) mass is 292 g/mol. The first-order valence-electron chi connectivity index (χ1n) is 7.31. The van der Waals surface area contributed by atoms with Crippen LogP contribution >= 0.6 is 0 Å². The molecule has 1 amide bonds. The van der Waals surface area contributed by atoms with E-state index in [0.29, 0.717) is 17.8 Å². The van der Waals surface area contributed by atoms with E-state index in [1.54, 1.807) is 4.90 Å². The lowest BCUT2D eigenvalue weighted by Crippen LogP contribution is -2.43. The Labute approximate surface area is 123 Å². The van der Waals surface area contributed by atoms with Gasteiger partial charge in [-0.1, -0.05) is 19.3 Å². The molecule has 0 spiro atoms. The van der Waals surface area contributed by atoms with E-state index in [-0.39, 0.29) is 23.8 Å². The standard InChI is InChI=1S/C14H20N4O3/c1-21-12-11-8(16-14(15)17-12)7-18(13(11)20)9-5-3-2-4-6-10(9)19/h9-10,19H,2-7H2,1H3,(H2,15,16,17)/t9-,10+/m1/s1. The van der Waals surface area contributed by atoms with Crippen molar-refractivity contribution in [3.8, 4) is 5.88 Å². The van der Waals surface area contributed by atoms with Gasteiger partial charge in [-0.2, -0.15) is 4.98 Å². The number of fused-ring (bicyclic) bond motifs is 1. The van der Waals surface area contributed by atoms with E-state index < -0.39 is 6.10 Å². The number of methoxy groups -OCH3 is 1. The van der Waals surface area contributed by atoms with Crippen LogP contribution in [0.2, 0.25) is 0 Å². The molecular weight excluding hydrogens is 272 g/mol. The van der Waals surface area contributed by atoms with Gasteiger partial charge in [0.15, 0.2) is 0 Å². The lowest BCUT2D eigenvalue weighted by Gasteiger charge is -2.30. The first kappa shape index (κ1) is 14.1. The number of nitrogen functional groups attached to an aromatic ring is 1. The molecule has 1 aromatic heterocycles. The molecule has 21 heavy (non-hydrogen) atoms. The molecule has 114 valence electrons. The van der Waals surface area contributed by atoms with Crippen LogP contribution in [0.15, 0.2) is 0 Å². The number of nitrogens with zero attached hydrogens (tertiary/aromatic N) is 3. The van der Waals surface area contributed by atoms with Crippen LogP contribution in [0.1, 0.15) is 48.2 Å². The van der Waals surface area contributed by atoms with Crippen molar-refractivity contribution in [2.75, 3.05) is 12.8 Å². The summed E-state index contributed by atoms with van der Waals surface area (Å²) in [5.41, 5.74) is 6.61. The summed E-state index contributed by atoms with van der Waals surface area (Å²) in [5, 5.41) is 10.3. The van der Waals surface area contributed by atoms with E-state index in [0.717, 1.165) is 32.1 Å². The Morgan fingerprint density at radius 2 is 2.05 bits per heavy atom. The van der Waals surface area contributed by atoms with Gasteiger partial charge >= 0.3 is 0 Å². The molecule has 1 saturated carbocycles. The van der Waals surface area contributed by atoms with Crippen molar-refractivity contribution in [1.82, 2.24) is 14.9 Å². The maximum absolute atomic E-state index is 12.7. The fourth-order valence-electron chi connectivity index (χ4n) is 3.26. The SMILES string of the molecule is COc1nc(N)nc2c1C(=O)N([C@@H]1CCCCC[C@@H]1O)C2. The average molecular weight is 292 g/mol. The number of aliphatic hydroxyl groups excluding tert-OH is 1. The highest BCUT2D eigenvalue weighted by atomic mass is 16.5. The van der Waals surface area contributed by atoms with E-state index in [2.05, 4.69) is 9.97 Å². The molecule has 1 fully saturated rings. The summed E-state index contributed by atoms with van der Waals surface area (Å²) in [7, 11) is 1.46. The van der Waals surface area contributed by atoms with Crippen LogP contribution in [0.5, 0.6) is 5.88 Å². The number of ether oxygens (including phenoxy) is 1. The number of amides is 1. The Morgan fingerprint density at radius 1 is 1.29 bits per heavy atom. The molecule has 3 N–H and O–H groups in total. The summed E-state index contributed by atoms with van der Waals surface area (Å²) < 4.78 is 5.15. The Morgan fingerprint density at radius 3 is 2.81 bits per heavy atom. The first-order valence-corrected chi connectivity index (χ1v) is 7.31. The van der Waals surface area contributed by atoms with Crippen molar-refractivity contribution in [1.29, 1.82) is 0 Å². The Hall–Kier alpha value is -1.89. The van der Waals surface area contributed by atoms with Gasteiger partial charge in [-0.15, -0.1) is 0 Å². The molecule has 2 atom stereocenters.